The second-order valence-electron chi connectivity index (χ2n) is 7.22. The highest BCUT2D eigenvalue weighted by Crippen LogP contribution is 2.29. The Morgan fingerprint density at radius 3 is 2.14 bits per heavy atom. The fourth-order valence-electron chi connectivity index (χ4n) is 3.46. The van der Waals surface area contributed by atoms with E-state index in [4.69, 9.17) is 9.30 Å². The lowest BCUT2D eigenvalue weighted by atomic mass is 9.84. The van der Waals surface area contributed by atoms with E-state index in [1.165, 1.54) is 9.12 Å². The van der Waals surface area contributed by atoms with Crippen LogP contribution in [-0.2, 0) is 14.1 Å². The van der Waals surface area contributed by atoms with E-state index in [1.54, 1.807) is 0 Å². The molecule has 156 valence electrons. The van der Waals surface area contributed by atoms with Gasteiger partial charge in [-0.05, 0) is 61.9 Å². The first kappa shape index (κ1) is 24.7. The van der Waals surface area contributed by atoms with Crippen molar-refractivity contribution in [3.63, 3.8) is 0 Å². The van der Waals surface area contributed by atoms with Crippen molar-refractivity contribution in [2.75, 3.05) is 6.61 Å². The van der Waals surface area contributed by atoms with Crippen LogP contribution in [0.5, 0.6) is 0 Å². The average molecular weight is 415 g/mol. The van der Waals surface area contributed by atoms with Crippen LogP contribution in [0.1, 0.15) is 70.3 Å². The number of ether oxygens (including phenoxy) is 1. The number of hydrogen-bond donors (Lipinski definition) is 0. The molecule has 4 nitrogen and oxygen atoms in total. The fraction of sp³-hybridized carbons (Fsp3) is 0.417. The van der Waals surface area contributed by atoms with Crippen molar-refractivity contribution in [3.8, 4) is 0 Å². The van der Waals surface area contributed by atoms with Gasteiger partial charge in [0.1, 0.15) is 5.92 Å². The van der Waals surface area contributed by atoms with Crippen molar-refractivity contribution in [1.82, 2.24) is 0 Å². The average Bonchev–Trinajstić information content (AvgIpc) is 2.72. The van der Waals surface area contributed by atoms with E-state index in [1.807, 2.05) is 64.1 Å². The molecule has 0 fully saturated rings. The molecular weight excluding hydrogens is 383 g/mol. The summed E-state index contributed by atoms with van der Waals surface area (Å²) < 4.78 is 13.6. The van der Waals surface area contributed by atoms with Crippen molar-refractivity contribution in [3.05, 3.63) is 69.8 Å². The lowest BCUT2D eigenvalue weighted by Crippen LogP contribution is -2.26. The van der Waals surface area contributed by atoms with E-state index in [0.29, 0.717) is 17.7 Å². The SMILES string of the molecule is CCCCCOC(=O)C(C(=O)c1c(C)cc(C)c(C)c1C)c1ccccc1.O=[PH2+]. The summed E-state index contributed by atoms with van der Waals surface area (Å²) in [7, 11) is 1.17. The molecule has 2 aromatic rings. The summed E-state index contributed by atoms with van der Waals surface area (Å²) >= 11 is 0. The Balaban J connectivity index is 0.00000204. The molecule has 0 aromatic heterocycles. The first-order valence-corrected chi connectivity index (χ1v) is 10.4. The van der Waals surface area contributed by atoms with E-state index < -0.39 is 11.9 Å². The van der Waals surface area contributed by atoms with Crippen molar-refractivity contribution < 1.29 is 18.9 Å². The van der Waals surface area contributed by atoms with Gasteiger partial charge in [-0.1, -0.05) is 60.7 Å². The van der Waals surface area contributed by atoms with Gasteiger partial charge in [-0.25, -0.2) is 0 Å². The lowest BCUT2D eigenvalue weighted by Gasteiger charge is -2.20. The maximum Gasteiger partial charge on any atom is 0.321 e. The number of rotatable bonds is 8. The molecule has 0 aliphatic heterocycles. The van der Waals surface area contributed by atoms with Gasteiger partial charge in [0.05, 0.1) is 6.61 Å². The molecule has 2 atom stereocenters. The van der Waals surface area contributed by atoms with Crippen molar-refractivity contribution >= 4 is 20.9 Å². The molecule has 0 aliphatic rings. The predicted molar refractivity (Wildman–Crippen MR) is 120 cm³/mol. The molecule has 2 unspecified atom stereocenters. The molecule has 0 amide bonds. The minimum absolute atomic E-state index is 0.181. The summed E-state index contributed by atoms with van der Waals surface area (Å²) in [6, 6.07) is 11.2. The third kappa shape index (κ3) is 6.33. The highest BCUT2D eigenvalue weighted by atomic mass is 31.0. The Kier molecular flexibility index (Phi) is 10.5. The number of esters is 1. The smallest absolute Gasteiger partial charge is 0.321 e. The van der Waals surface area contributed by atoms with Gasteiger partial charge in [-0.3, -0.25) is 9.59 Å². The number of aryl methyl sites for hydroxylation is 2. The monoisotopic (exact) mass is 415 g/mol. The van der Waals surface area contributed by atoms with Gasteiger partial charge in [-0.2, -0.15) is 0 Å². The predicted octanol–water partition coefficient (Wildman–Crippen LogP) is 5.83. The number of carbonyl (C=O) groups excluding carboxylic acids is 2. The molecule has 29 heavy (non-hydrogen) atoms. The number of unbranched alkanes of at least 4 members (excludes halogenated alkanes) is 2. The summed E-state index contributed by atoms with van der Waals surface area (Å²) in [6.45, 7) is 10.4. The molecule has 0 N–H and O–H groups in total. The van der Waals surface area contributed by atoms with Gasteiger partial charge < -0.3 is 4.74 Å². The zero-order valence-electron chi connectivity index (χ0n) is 18.1. The first-order valence-electron chi connectivity index (χ1n) is 9.95. The number of carbonyl (C=O) groups is 2. The Morgan fingerprint density at radius 1 is 0.931 bits per heavy atom. The molecular formula is C24H32O4P+. The zero-order valence-corrected chi connectivity index (χ0v) is 19.2. The Morgan fingerprint density at radius 2 is 1.55 bits per heavy atom. The van der Waals surface area contributed by atoms with Crippen LogP contribution in [0, 0.1) is 27.7 Å². The van der Waals surface area contributed by atoms with Crippen LogP contribution in [0.2, 0.25) is 0 Å². The number of benzene rings is 2. The second-order valence-corrected chi connectivity index (χ2v) is 7.22. The van der Waals surface area contributed by atoms with Crippen LogP contribution >= 0.6 is 9.12 Å². The third-order valence-electron chi connectivity index (χ3n) is 5.23. The Labute approximate surface area is 176 Å². The first-order chi connectivity index (χ1) is 13.9. The van der Waals surface area contributed by atoms with Crippen LogP contribution in [-0.4, -0.2) is 18.4 Å². The maximum atomic E-state index is 13.5. The van der Waals surface area contributed by atoms with Crippen molar-refractivity contribution in [2.45, 2.75) is 59.8 Å². The zero-order chi connectivity index (χ0) is 22.0. The van der Waals surface area contributed by atoms with Crippen molar-refractivity contribution in [1.29, 1.82) is 0 Å². The normalized spacial score (nSPS) is 11.2. The highest BCUT2D eigenvalue weighted by Gasteiger charge is 2.32. The summed E-state index contributed by atoms with van der Waals surface area (Å²) in [4.78, 5) is 26.3. The molecule has 2 aromatic carbocycles. The number of ketones is 1. The molecule has 0 bridgehead atoms. The molecule has 0 radical (unpaired) electrons. The van der Waals surface area contributed by atoms with E-state index >= 15 is 0 Å². The van der Waals surface area contributed by atoms with Gasteiger partial charge in [0, 0.05) is 5.56 Å². The van der Waals surface area contributed by atoms with Crippen LogP contribution in [0.25, 0.3) is 0 Å². The van der Waals surface area contributed by atoms with Gasteiger partial charge in [0.15, 0.2) is 5.78 Å². The molecule has 0 heterocycles. The van der Waals surface area contributed by atoms with E-state index in [-0.39, 0.29) is 5.78 Å². The summed E-state index contributed by atoms with van der Waals surface area (Å²) in [5.74, 6) is -1.56. The molecule has 2 rings (SSSR count). The van der Waals surface area contributed by atoms with Crippen LogP contribution in [0.4, 0.5) is 0 Å². The molecule has 0 spiro atoms. The molecule has 0 aliphatic carbocycles. The standard InChI is InChI=1S/C24H30O3.H2OP/c1-6-7-11-14-27-24(26)22(20-12-9-8-10-13-20)23(25)21-17(3)15-16(2)18(4)19(21)5;1-2/h8-10,12-13,15,22H,6-7,11,14H2,1-5H3;2H2/q;+1. The van der Waals surface area contributed by atoms with Crippen LogP contribution in [0.15, 0.2) is 36.4 Å². The topological polar surface area (TPSA) is 60.4 Å². The van der Waals surface area contributed by atoms with E-state index in [0.717, 1.165) is 41.5 Å². The Bertz CT molecular complexity index is 831. The van der Waals surface area contributed by atoms with Gasteiger partial charge >= 0.3 is 15.1 Å². The van der Waals surface area contributed by atoms with Crippen LogP contribution < -0.4 is 0 Å². The van der Waals surface area contributed by atoms with Gasteiger partial charge in [0.25, 0.3) is 0 Å². The molecule has 0 saturated heterocycles. The van der Waals surface area contributed by atoms with Crippen molar-refractivity contribution in [2.24, 2.45) is 0 Å². The number of hydrogen-bond acceptors (Lipinski definition) is 4. The van der Waals surface area contributed by atoms with E-state index in [2.05, 4.69) is 6.92 Å². The van der Waals surface area contributed by atoms with E-state index in [9.17, 15) is 9.59 Å². The number of Topliss-reactive ketones (excluding diaryl/α,β-unsaturated/α-hetero) is 1. The second kappa shape index (κ2) is 12.3. The minimum atomic E-state index is -0.924. The summed E-state index contributed by atoms with van der Waals surface area (Å²) in [5, 5.41) is 0. The summed E-state index contributed by atoms with van der Waals surface area (Å²) in [6.07, 6.45) is 2.88. The Hall–Kier alpha value is -2.32. The fourth-order valence-corrected chi connectivity index (χ4v) is 3.46. The quantitative estimate of drug-likeness (QED) is 0.179. The minimum Gasteiger partial charge on any atom is -0.465 e. The lowest BCUT2D eigenvalue weighted by molar-refractivity contribution is -0.144. The molecule has 0 saturated carbocycles. The van der Waals surface area contributed by atoms with Crippen LogP contribution in [0.3, 0.4) is 0 Å². The third-order valence-corrected chi connectivity index (χ3v) is 5.23. The maximum absolute atomic E-state index is 13.5. The molecule has 5 heteroatoms. The largest absolute Gasteiger partial charge is 0.465 e. The van der Waals surface area contributed by atoms with Gasteiger partial charge in [0.2, 0.25) is 0 Å². The van der Waals surface area contributed by atoms with Gasteiger partial charge in [-0.15, -0.1) is 0 Å². The summed E-state index contributed by atoms with van der Waals surface area (Å²) in [5.41, 5.74) is 5.40. The highest BCUT2D eigenvalue weighted by molar-refractivity contribution is 7.00.